The fraction of sp³-hybridized carbons (Fsp3) is 0.412. The second kappa shape index (κ2) is 6.93. The first-order valence-electron chi connectivity index (χ1n) is 7.71. The zero-order valence-electron chi connectivity index (χ0n) is 12.9. The molecule has 2 aliphatic rings. The van der Waals surface area contributed by atoms with Crippen LogP contribution < -0.4 is 5.32 Å². The SMILES string of the molecule is C=CC(=O)N1CCc2c(cccc2NC(=O)[C@H]2COCCO2)C1. The summed E-state index contributed by atoms with van der Waals surface area (Å²) in [7, 11) is 0. The van der Waals surface area contributed by atoms with Gasteiger partial charge in [-0.3, -0.25) is 9.59 Å². The summed E-state index contributed by atoms with van der Waals surface area (Å²) in [4.78, 5) is 25.8. The number of benzene rings is 1. The van der Waals surface area contributed by atoms with Gasteiger partial charge in [-0.15, -0.1) is 0 Å². The topological polar surface area (TPSA) is 67.9 Å². The normalized spacial score (nSPS) is 20.5. The number of carbonyl (C=O) groups is 2. The van der Waals surface area contributed by atoms with Crippen molar-refractivity contribution >= 4 is 17.5 Å². The van der Waals surface area contributed by atoms with E-state index in [9.17, 15) is 9.59 Å². The molecule has 23 heavy (non-hydrogen) atoms. The number of amides is 2. The number of hydrogen-bond acceptors (Lipinski definition) is 4. The maximum atomic E-state index is 12.3. The predicted octanol–water partition coefficient (Wildman–Crippen LogP) is 1.11. The van der Waals surface area contributed by atoms with Gasteiger partial charge in [0.25, 0.3) is 5.91 Å². The molecule has 1 aromatic rings. The average molecular weight is 316 g/mol. The third kappa shape index (κ3) is 3.43. The number of anilines is 1. The van der Waals surface area contributed by atoms with Crippen LogP contribution in [0.2, 0.25) is 0 Å². The van der Waals surface area contributed by atoms with Gasteiger partial charge in [-0.1, -0.05) is 18.7 Å². The van der Waals surface area contributed by atoms with E-state index in [1.54, 1.807) is 4.90 Å². The molecule has 0 saturated carbocycles. The lowest BCUT2D eigenvalue weighted by Gasteiger charge is -2.30. The fourth-order valence-corrected chi connectivity index (χ4v) is 2.90. The highest BCUT2D eigenvalue weighted by molar-refractivity contribution is 5.95. The van der Waals surface area contributed by atoms with Crippen molar-refractivity contribution in [1.82, 2.24) is 4.90 Å². The fourth-order valence-electron chi connectivity index (χ4n) is 2.90. The van der Waals surface area contributed by atoms with Crippen molar-refractivity contribution in [3.63, 3.8) is 0 Å². The molecule has 122 valence electrons. The van der Waals surface area contributed by atoms with E-state index in [1.807, 2.05) is 18.2 Å². The summed E-state index contributed by atoms with van der Waals surface area (Å²) in [5, 5.41) is 2.93. The van der Waals surface area contributed by atoms with Crippen molar-refractivity contribution < 1.29 is 19.1 Å². The average Bonchev–Trinajstić information content (AvgIpc) is 2.61. The molecular weight excluding hydrogens is 296 g/mol. The van der Waals surface area contributed by atoms with E-state index in [2.05, 4.69) is 11.9 Å². The van der Waals surface area contributed by atoms with Gasteiger partial charge < -0.3 is 19.7 Å². The number of ether oxygens (including phenoxy) is 2. The van der Waals surface area contributed by atoms with Crippen molar-refractivity contribution in [3.8, 4) is 0 Å². The van der Waals surface area contributed by atoms with Crippen LogP contribution in [0.5, 0.6) is 0 Å². The van der Waals surface area contributed by atoms with E-state index in [0.29, 0.717) is 32.7 Å². The first kappa shape index (κ1) is 15.7. The molecule has 0 aromatic heterocycles. The second-order valence-electron chi connectivity index (χ2n) is 5.58. The minimum atomic E-state index is -0.568. The lowest BCUT2D eigenvalue weighted by molar-refractivity contribution is -0.142. The molecule has 1 saturated heterocycles. The molecule has 1 N–H and O–H groups in total. The van der Waals surface area contributed by atoms with Gasteiger partial charge in [0.1, 0.15) is 0 Å². The van der Waals surface area contributed by atoms with Crippen molar-refractivity contribution in [1.29, 1.82) is 0 Å². The summed E-state index contributed by atoms with van der Waals surface area (Å²) in [5.41, 5.74) is 2.91. The minimum absolute atomic E-state index is 0.0714. The maximum Gasteiger partial charge on any atom is 0.255 e. The number of nitrogens with one attached hydrogen (secondary N) is 1. The largest absolute Gasteiger partial charge is 0.376 e. The molecule has 1 aromatic carbocycles. The minimum Gasteiger partial charge on any atom is -0.376 e. The van der Waals surface area contributed by atoms with Crippen LogP contribution in [0.15, 0.2) is 30.9 Å². The van der Waals surface area contributed by atoms with Crippen LogP contribution in [-0.4, -0.2) is 49.2 Å². The van der Waals surface area contributed by atoms with Crippen LogP contribution in [0.25, 0.3) is 0 Å². The summed E-state index contributed by atoms with van der Waals surface area (Å²) in [5.74, 6) is -0.263. The van der Waals surface area contributed by atoms with Gasteiger partial charge in [-0.25, -0.2) is 0 Å². The van der Waals surface area contributed by atoms with E-state index in [0.717, 1.165) is 16.8 Å². The molecule has 0 radical (unpaired) electrons. The Kier molecular flexibility index (Phi) is 4.73. The summed E-state index contributed by atoms with van der Waals surface area (Å²) in [6, 6.07) is 5.74. The molecule has 6 heteroatoms. The Morgan fingerprint density at radius 2 is 2.22 bits per heavy atom. The molecule has 0 bridgehead atoms. The Hall–Kier alpha value is -2.18. The number of rotatable bonds is 3. The molecule has 6 nitrogen and oxygen atoms in total. The van der Waals surface area contributed by atoms with Crippen LogP contribution in [0.1, 0.15) is 11.1 Å². The predicted molar refractivity (Wildman–Crippen MR) is 84.9 cm³/mol. The molecule has 2 amide bonds. The van der Waals surface area contributed by atoms with Gasteiger partial charge in [-0.05, 0) is 29.7 Å². The van der Waals surface area contributed by atoms with Gasteiger partial charge >= 0.3 is 0 Å². The van der Waals surface area contributed by atoms with E-state index >= 15 is 0 Å². The zero-order valence-corrected chi connectivity index (χ0v) is 12.9. The highest BCUT2D eigenvalue weighted by atomic mass is 16.6. The Morgan fingerprint density at radius 3 is 2.96 bits per heavy atom. The van der Waals surface area contributed by atoms with Crippen molar-refractivity contribution in [3.05, 3.63) is 42.0 Å². The van der Waals surface area contributed by atoms with E-state index < -0.39 is 6.10 Å². The Labute approximate surface area is 135 Å². The van der Waals surface area contributed by atoms with Crippen LogP contribution >= 0.6 is 0 Å². The lowest BCUT2D eigenvalue weighted by Crippen LogP contribution is -2.39. The van der Waals surface area contributed by atoms with Crippen LogP contribution in [0.3, 0.4) is 0 Å². The van der Waals surface area contributed by atoms with Crippen molar-refractivity contribution in [2.45, 2.75) is 19.1 Å². The summed E-state index contributed by atoms with van der Waals surface area (Å²) in [6.45, 7) is 5.92. The second-order valence-corrected chi connectivity index (χ2v) is 5.58. The highest BCUT2D eigenvalue weighted by Gasteiger charge is 2.25. The Bertz CT molecular complexity index is 623. The van der Waals surface area contributed by atoms with Gasteiger partial charge in [0.05, 0.1) is 19.8 Å². The molecular formula is C17H20N2O4. The van der Waals surface area contributed by atoms with Crippen molar-refractivity contribution in [2.75, 3.05) is 31.7 Å². The summed E-state index contributed by atoms with van der Waals surface area (Å²) >= 11 is 0. The molecule has 1 fully saturated rings. The van der Waals surface area contributed by atoms with Gasteiger partial charge in [0.15, 0.2) is 6.10 Å². The molecule has 2 aliphatic heterocycles. The maximum absolute atomic E-state index is 12.3. The molecule has 2 heterocycles. The molecule has 3 rings (SSSR count). The van der Waals surface area contributed by atoms with Gasteiger partial charge in [0.2, 0.25) is 5.91 Å². The third-order valence-corrected chi connectivity index (χ3v) is 4.12. The Morgan fingerprint density at radius 1 is 1.35 bits per heavy atom. The number of hydrogen-bond donors (Lipinski definition) is 1. The smallest absolute Gasteiger partial charge is 0.255 e. The zero-order chi connectivity index (χ0) is 16.2. The third-order valence-electron chi connectivity index (χ3n) is 4.12. The summed E-state index contributed by atoms with van der Waals surface area (Å²) < 4.78 is 10.7. The summed E-state index contributed by atoms with van der Waals surface area (Å²) in [6.07, 6.45) is 1.46. The highest BCUT2D eigenvalue weighted by Crippen LogP contribution is 2.26. The Balaban J connectivity index is 1.73. The monoisotopic (exact) mass is 316 g/mol. The van der Waals surface area contributed by atoms with E-state index in [1.165, 1.54) is 6.08 Å². The van der Waals surface area contributed by atoms with Crippen molar-refractivity contribution in [2.24, 2.45) is 0 Å². The molecule has 0 spiro atoms. The standard InChI is InChI=1S/C17H20N2O4/c1-2-16(20)19-7-6-13-12(10-19)4-3-5-14(13)18-17(21)15-11-22-8-9-23-15/h2-5,15H,1,6-11H2,(H,18,21)/t15-/m1/s1. The molecule has 1 atom stereocenters. The van der Waals surface area contributed by atoms with E-state index in [-0.39, 0.29) is 18.4 Å². The van der Waals surface area contributed by atoms with Gasteiger partial charge in [0, 0.05) is 18.8 Å². The van der Waals surface area contributed by atoms with Crippen LogP contribution in [0.4, 0.5) is 5.69 Å². The number of fused-ring (bicyclic) bond motifs is 1. The first-order chi connectivity index (χ1) is 11.2. The molecule has 0 unspecified atom stereocenters. The lowest BCUT2D eigenvalue weighted by atomic mass is 9.97. The van der Waals surface area contributed by atoms with E-state index in [4.69, 9.17) is 9.47 Å². The van der Waals surface area contributed by atoms with Crippen LogP contribution in [-0.2, 0) is 32.0 Å². The number of carbonyl (C=O) groups excluding carboxylic acids is 2. The first-order valence-corrected chi connectivity index (χ1v) is 7.71. The van der Waals surface area contributed by atoms with Crippen LogP contribution in [0, 0.1) is 0 Å². The number of nitrogens with zero attached hydrogens (tertiary/aromatic N) is 1. The molecule has 0 aliphatic carbocycles. The quantitative estimate of drug-likeness (QED) is 0.848. The van der Waals surface area contributed by atoms with Gasteiger partial charge in [-0.2, -0.15) is 0 Å².